The van der Waals surface area contributed by atoms with Crippen LogP contribution in [-0.4, -0.2) is 21.3 Å². The van der Waals surface area contributed by atoms with Gasteiger partial charge in [-0.3, -0.25) is 0 Å². The van der Waals surface area contributed by atoms with E-state index in [0.717, 1.165) is 11.1 Å². The summed E-state index contributed by atoms with van der Waals surface area (Å²) in [5.74, 6) is 2.24. The van der Waals surface area contributed by atoms with E-state index in [1.54, 1.807) is 33.5 Å². The highest BCUT2D eigenvalue weighted by Crippen LogP contribution is 2.40. The van der Waals surface area contributed by atoms with Crippen LogP contribution in [0.3, 0.4) is 0 Å². The van der Waals surface area contributed by atoms with Gasteiger partial charge in [-0.25, -0.2) is 4.79 Å². The molecule has 0 bridgehead atoms. The van der Waals surface area contributed by atoms with Crippen molar-refractivity contribution < 1.29 is 23.4 Å². The fourth-order valence-electron chi connectivity index (χ4n) is 3.44. The maximum Gasteiger partial charge on any atom is 0.336 e. The Bertz CT molecular complexity index is 1260. The third kappa shape index (κ3) is 4.19. The second kappa shape index (κ2) is 8.83. The molecule has 158 valence electrons. The molecule has 1 aromatic heterocycles. The molecule has 0 aliphatic heterocycles. The molecule has 0 atom stereocenters. The summed E-state index contributed by atoms with van der Waals surface area (Å²) in [5.41, 5.74) is 2.37. The highest BCUT2D eigenvalue weighted by Gasteiger charge is 2.17. The number of benzene rings is 3. The van der Waals surface area contributed by atoms with E-state index in [-0.39, 0.29) is 0 Å². The van der Waals surface area contributed by atoms with Crippen LogP contribution in [-0.2, 0) is 6.61 Å². The monoisotopic (exact) mass is 418 g/mol. The van der Waals surface area contributed by atoms with Crippen LogP contribution in [0.25, 0.3) is 22.1 Å². The van der Waals surface area contributed by atoms with E-state index >= 15 is 0 Å². The predicted octanol–water partition coefficient (Wildman–Crippen LogP) is 5.06. The van der Waals surface area contributed by atoms with Gasteiger partial charge in [0.15, 0.2) is 11.5 Å². The minimum Gasteiger partial charge on any atom is -0.496 e. The van der Waals surface area contributed by atoms with Gasteiger partial charge in [0.1, 0.15) is 23.7 Å². The minimum atomic E-state index is -0.472. The Balaban J connectivity index is 1.83. The van der Waals surface area contributed by atoms with Crippen LogP contribution in [0.5, 0.6) is 23.0 Å². The number of hydrogen-bond donors (Lipinski definition) is 0. The summed E-state index contributed by atoms with van der Waals surface area (Å²) in [6.07, 6.45) is 0. The summed E-state index contributed by atoms with van der Waals surface area (Å²) in [5, 5.41) is 0.669. The molecule has 0 aliphatic rings. The smallest absolute Gasteiger partial charge is 0.336 e. The summed E-state index contributed by atoms with van der Waals surface area (Å²) < 4.78 is 27.8. The fraction of sp³-hybridized carbons (Fsp3) is 0.160. The van der Waals surface area contributed by atoms with Crippen LogP contribution in [0.4, 0.5) is 0 Å². The number of methoxy groups -OCH3 is 3. The molecule has 6 nitrogen and oxygen atoms in total. The van der Waals surface area contributed by atoms with Gasteiger partial charge in [0.25, 0.3) is 0 Å². The van der Waals surface area contributed by atoms with Gasteiger partial charge in [-0.05, 0) is 23.3 Å². The van der Waals surface area contributed by atoms with Crippen LogP contribution in [0.2, 0.25) is 0 Å². The van der Waals surface area contributed by atoms with Gasteiger partial charge in [-0.1, -0.05) is 36.4 Å². The summed E-state index contributed by atoms with van der Waals surface area (Å²) >= 11 is 0. The molecule has 0 spiro atoms. The first kappa shape index (κ1) is 20.3. The van der Waals surface area contributed by atoms with Crippen molar-refractivity contribution in [3.63, 3.8) is 0 Å². The van der Waals surface area contributed by atoms with Crippen molar-refractivity contribution in [2.75, 3.05) is 21.3 Å². The van der Waals surface area contributed by atoms with E-state index in [4.69, 9.17) is 23.4 Å². The van der Waals surface area contributed by atoms with Crippen molar-refractivity contribution in [3.8, 4) is 34.1 Å². The average Bonchev–Trinajstić information content (AvgIpc) is 2.81. The summed E-state index contributed by atoms with van der Waals surface area (Å²) in [7, 11) is 4.69. The maximum atomic E-state index is 12.3. The number of rotatable bonds is 7. The van der Waals surface area contributed by atoms with Gasteiger partial charge in [0.05, 0.1) is 26.7 Å². The number of ether oxygens (including phenoxy) is 4. The van der Waals surface area contributed by atoms with E-state index in [9.17, 15) is 4.79 Å². The molecule has 6 heteroatoms. The Morgan fingerprint density at radius 1 is 0.774 bits per heavy atom. The van der Waals surface area contributed by atoms with Gasteiger partial charge in [0, 0.05) is 23.8 Å². The van der Waals surface area contributed by atoms with Crippen LogP contribution in [0, 0.1) is 0 Å². The molecule has 4 rings (SSSR count). The molecule has 0 amide bonds. The zero-order valence-corrected chi connectivity index (χ0v) is 17.5. The Hall–Kier alpha value is -3.93. The van der Waals surface area contributed by atoms with E-state index in [1.807, 2.05) is 48.5 Å². The normalized spacial score (nSPS) is 10.7. The molecule has 1 heterocycles. The molecule has 4 aromatic rings. The van der Waals surface area contributed by atoms with Gasteiger partial charge in [0.2, 0.25) is 0 Å². The summed E-state index contributed by atoms with van der Waals surface area (Å²) in [4.78, 5) is 12.3. The van der Waals surface area contributed by atoms with E-state index < -0.39 is 5.63 Å². The SMILES string of the molecule is COc1cc(OC)c2c(-c3ccc(OC)c(OCc4ccccc4)c3)cc(=O)oc2c1. The van der Waals surface area contributed by atoms with Crippen molar-refractivity contribution in [3.05, 3.63) is 82.7 Å². The highest BCUT2D eigenvalue weighted by molar-refractivity contribution is 5.98. The zero-order valence-electron chi connectivity index (χ0n) is 17.5. The lowest BCUT2D eigenvalue weighted by Gasteiger charge is -2.15. The quantitative estimate of drug-likeness (QED) is 0.391. The predicted molar refractivity (Wildman–Crippen MR) is 118 cm³/mol. The molecule has 0 saturated carbocycles. The number of fused-ring (bicyclic) bond motifs is 1. The van der Waals surface area contributed by atoms with Crippen molar-refractivity contribution in [1.29, 1.82) is 0 Å². The Morgan fingerprint density at radius 3 is 2.26 bits per heavy atom. The maximum absolute atomic E-state index is 12.3. The van der Waals surface area contributed by atoms with E-state index in [0.29, 0.717) is 46.1 Å². The lowest BCUT2D eigenvalue weighted by molar-refractivity contribution is 0.284. The molecule has 3 aromatic carbocycles. The third-order valence-corrected chi connectivity index (χ3v) is 4.95. The first-order chi connectivity index (χ1) is 15.1. The topological polar surface area (TPSA) is 67.1 Å². The standard InChI is InChI=1S/C25H22O6/c1-27-18-12-22(29-3)25-19(14-24(26)31-23(25)13-18)17-9-10-20(28-2)21(11-17)30-15-16-7-5-4-6-8-16/h4-14H,15H2,1-3H3. The van der Waals surface area contributed by atoms with Gasteiger partial charge < -0.3 is 23.4 Å². The second-order valence-electron chi connectivity index (χ2n) is 6.82. The fourth-order valence-corrected chi connectivity index (χ4v) is 3.44. The molecule has 0 unspecified atom stereocenters. The molecular formula is C25H22O6. The lowest BCUT2D eigenvalue weighted by Crippen LogP contribution is -2.01. The van der Waals surface area contributed by atoms with E-state index in [2.05, 4.69) is 0 Å². The second-order valence-corrected chi connectivity index (χ2v) is 6.82. The molecule has 0 saturated heterocycles. The summed E-state index contributed by atoms with van der Waals surface area (Å²) in [6, 6.07) is 20.2. The molecule has 0 fully saturated rings. The molecule has 0 aliphatic carbocycles. The minimum absolute atomic E-state index is 0.376. The van der Waals surface area contributed by atoms with Crippen LogP contribution in [0.1, 0.15) is 5.56 Å². The van der Waals surface area contributed by atoms with E-state index in [1.165, 1.54) is 6.07 Å². The highest BCUT2D eigenvalue weighted by atomic mass is 16.5. The lowest BCUT2D eigenvalue weighted by atomic mass is 10.0. The van der Waals surface area contributed by atoms with Crippen LogP contribution in [0.15, 0.2) is 75.9 Å². The van der Waals surface area contributed by atoms with Crippen molar-refractivity contribution in [1.82, 2.24) is 0 Å². The molecular weight excluding hydrogens is 396 g/mol. The van der Waals surface area contributed by atoms with Gasteiger partial charge in [-0.2, -0.15) is 0 Å². The average molecular weight is 418 g/mol. The van der Waals surface area contributed by atoms with Crippen LogP contribution < -0.4 is 24.6 Å². The molecule has 31 heavy (non-hydrogen) atoms. The largest absolute Gasteiger partial charge is 0.496 e. The van der Waals surface area contributed by atoms with Gasteiger partial charge in [-0.15, -0.1) is 0 Å². The van der Waals surface area contributed by atoms with Crippen LogP contribution >= 0.6 is 0 Å². The number of hydrogen-bond acceptors (Lipinski definition) is 6. The Morgan fingerprint density at radius 2 is 1.55 bits per heavy atom. The Labute approximate surface area is 179 Å². The van der Waals surface area contributed by atoms with Crippen molar-refractivity contribution in [2.24, 2.45) is 0 Å². The van der Waals surface area contributed by atoms with Crippen molar-refractivity contribution >= 4 is 11.0 Å². The third-order valence-electron chi connectivity index (χ3n) is 4.95. The van der Waals surface area contributed by atoms with Gasteiger partial charge >= 0.3 is 5.63 Å². The first-order valence-corrected chi connectivity index (χ1v) is 9.68. The molecule has 0 N–H and O–H groups in total. The Kier molecular flexibility index (Phi) is 5.80. The van der Waals surface area contributed by atoms with Crippen molar-refractivity contribution in [2.45, 2.75) is 6.61 Å². The first-order valence-electron chi connectivity index (χ1n) is 9.68. The molecule has 0 radical (unpaired) electrons. The zero-order chi connectivity index (χ0) is 21.8. The summed E-state index contributed by atoms with van der Waals surface area (Å²) in [6.45, 7) is 0.388.